The third kappa shape index (κ3) is 3.21. The first kappa shape index (κ1) is 17.7. The Kier molecular flexibility index (Phi) is 4.21. The molecule has 0 N–H and O–H groups in total. The van der Waals surface area contributed by atoms with Crippen LogP contribution in [0, 0.1) is 19.7 Å². The maximum absolute atomic E-state index is 14.6. The van der Waals surface area contributed by atoms with E-state index in [4.69, 9.17) is 4.74 Å². The van der Waals surface area contributed by atoms with Gasteiger partial charge < -0.3 is 4.74 Å². The number of ether oxygens (including phenoxy) is 1. The quantitative estimate of drug-likeness (QED) is 0.432. The lowest BCUT2D eigenvalue weighted by molar-refractivity contribution is 0.298. The zero-order valence-corrected chi connectivity index (χ0v) is 16.6. The zero-order chi connectivity index (χ0) is 20.0. The molecule has 5 aromatic rings. The summed E-state index contributed by atoms with van der Waals surface area (Å²) in [6.07, 6.45) is 3.53. The maximum atomic E-state index is 14.6. The van der Waals surface area contributed by atoms with Crippen LogP contribution in [0.5, 0.6) is 5.75 Å². The van der Waals surface area contributed by atoms with Crippen LogP contribution in [-0.2, 0) is 6.61 Å². The normalized spacial score (nSPS) is 11.4. The Hall–Kier alpha value is -3.39. The molecule has 0 saturated carbocycles. The van der Waals surface area contributed by atoms with Crippen LogP contribution in [0.1, 0.15) is 17.1 Å². The number of nitrogens with zero attached hydrogens (tertiary/aromatic N) is 5. The minimum atomic E-state index is -0.433. The van der Waals surface area contributed by atoms with E-state index in [1.807, 2.05) is 50.4 Å². The summed E-state index contributed by atoms with van der Waals surface area (Å²) in [6.45, 7) is 4.08. The van der Waals surface area contributed by atoms with Gasteiger partial charge in [-0.1, -0.05) is 6.07 Å². The third-order valence-corrected chi connectivity index (χ3v) is 5.59. The first-order chi connectivity index (χ1) is 14.1. The van der Waals surface area contributed by atoms with Crippen molar-refractivity contribution >= 4 is 28.1 Å². The number of rotatable bonds is 4. The second kappa shape index (κ2) is 6.89. The number of fused-ring (bicyclic) bond motifs is 2. The van der Waals surface area contributed by atoms with E-state index in [1.54, 1.807) is 10.6 Å². The summed E-state index contributed by atoms with van der Waals surface area (Å²) in [5.41, 5.74) is 3.79. The monoisotopic (exact) mass is 405 g/mol. The molecule has 29 heavy (non-hydrogen) atoms. The average Bonchev–Trinajstić information content (AvgIpc) is 3.32. The summed E-state index contributed by atoms with van der Waals surface area (Å²) in [5, 5.41) is 9.02. The SMILES string of the molecule is Cc1ccc2c(OCc3nnc4c(F)cc(-c5cc(C)ns5)cn34)ccnc2c1. The summed E-state index contributed by atoms with van der Waals surface area (Å²) in [6, 6.07) is 11.2. The molecule has 0 amide bonds. The maximum Gasteiger partial charge on any atom is 0.197 e. The smallest absolute Gasteiger partial charge is 0.197 e. The van der Waals surface area contributed by atoms with Gasteiger partial charge in [0.15, 0.2) is 17.3 Å². The molecule has 4 heterocycles. The molecular formula is C21H16FN5OS. The van der Waals surface area contributed by atoms with E-state index < -0.39 is 5.82 Å². The molecule has 0 bridgehead atoms. The van der Waals surface area contributed by atoms with Gasteiger partial charge in [-0.25, -0.2) is 4.39 Å². The third-order valence-electron chi connectivity index (χ3n) is 4.66. The summed E-state index contributed by atoms with van der Waals surface area (Å²) in [4.78, 5) is 5.28. The molecule has 5 rings (SSSR count). The van der Waals surface area contributed by atoms with Gasteiger partial charge >= 0.3 is 0 Å². The van der Waals surface area contributed by atoms with E-state index in [1.165, 1.54) is 17.6 Å². The Balaban J connectivity index is 1.50. The Morgan fingerprint density at radius 3 is 2.83 bits per heavy atom. The molecule has 0 fully saturated rings. The second-order valence-electron chi connectivity index (χ2n) is 6.84. The van der Waals surface area contributed by atoms with E-state index >= 15 is 0 Å². The van der Waals surface area contributed by atoms with Crippen LogP contribution < -0.4 is 4.74 Å². The lowest BCUT2D eigenvalue weighted by atomic mass is 10.1. The molecule has 6 nitrogen and oxygen atoms in total. The highest BCUT2D eigenvalue weighted by atomic mass is 32.1. The Morgan fingerprint density at radius 2 is 2.00 bits per heavy atom. The van der Waals surface area contributed by atoms with E-state index in [-0.39, 0.29) is 12.3 Å². The molecule has 144 valence electrons. The Labute approximate surface area is 169 Å². The highest BCUT2D eigenvalue weighted by molar-refractivity contribution is 7.09. The second-order valence-corrected chi connectivity index (χ2v) is 7.64. The van der Waals surface area contributed by atoms with Crippen LogP contribution in [0.15, 0.2) is 48.8 Å². The van der Waals surface area contributed by atoms with Crippen molar-refractivity contribution < 1.29 is 9.13 Å². The summed E-state index contributed by atoms with van der Waals surface area (Å²) >= 11 is 1.33. The van der Waals surface area contributed by atoms with Crippen molar-refractivity contribution in [3.05, 3.63) is 71.7 Å². The van der Waals surface area contributed by atoms with Crippen molar-refractivity contribution in [1.29, 1.82) is 0 Å². The van der Waals surface area contributed by atoms with Crippen molar-refractivity contribution in [3.63, 3.8) is 0 Å². The van der Waals surface area contributed by atoms with Gasteiger partial charge in [-0.2, -0.15) is 4.37 Å². The van der Waals surface area contributed by atoms with Crippen LogP contribution in [0.25, 0.3) is 27.0 Å². The first-order valence-electron chi connectivity index (χ1n) is 9.03. The van der Waals surface area contributed by atoms with Gasteiger partial charge in [-0.05, 0) is 61.3 Å². The molecule has 1 aromatic carbocycles. The van der Waals surface area contributed by atoms with Crippen LogP contribution in [-0.4, -0.2) is 24.0 Å². The summed E-state index contributed by atoms with van der Waals surface area (Å²) in [7, 11) is 0. The fourth-order valence-corrected chi connectivity index (χ4v) is 3.97. The van der Waals surface area contributed by atoms with Crippen molar-refractivity contribution in [2.75, 3.05) is 0 Å². The van der Waals surface area contributed by atoms with Crippen LogP contribution in [0.2, 0.25) is 0 Å². The Bertz CT molecular complexity index is 1360. The molecule has 0 unspecified atom stereocenters. The number of aromatic nitrogens is 5. The highest BCUT2D eigenvalue weighted by Crippen LogP contribution is 2.28. The van der Waals surface area contributed by atoms with Crippen molar-refractivity contribution in [3.8, 4) is 16.2 Å². The largest absolute Gasteiger partial charge is 0.485 e. The predicted octanol–water partition coefficient (Wildman–Crippen LogP) is 4.74. The van der Waals surface area contributed by atoms with Crippen LogP contribution >= 0.6 is 11.5 Å². The van der Waals surface area contributed by atoms with Crippen LogP contribution in [0.3, 0.4) is 0 Å². The molecule has 0 aliphatic heterocycles. The minimum absolute atomic E-state index is 0.152. The first-order valence-corrected chi connectivity index (χ1v) is 9.81. The van der Waals surface area contributed by atoms with Gasteiger partial charge in [-0.3, -0.25) is 9.38 Å². The molecular weight excluding hydrogens is 389 g/mol. The lowest BCUT2D eigenvalue weighted by Crippen LogP contribution is -2.03. The van der Waals surface area contributed by atoms with E-state index in [0.29, 0.717) is 11.6 Å². The molecule has 0 aliphatic rings. The number of hydrogen-bond acceptors (Lipinski definition) is 6. The lowest BCUT2D eigenvalue weighted by Gasteiger charge is -2.09. The molecule has 8 heteroatoms. The molecule has 4 aromatic heterocycles. The molecule has 0 atom stereocenters. The van der Waals surface area contributed by atoms with Crippen LogP contribution in [0.4, 0.5) is 4.39 Å². The minimum Gasteiger partial charge on any atom is -0.485 e. The van der Waals surface area contributed by atoms with Gasteiger partial charge in [0, 0.05) is 23.3 Å². The van der Waals surface area contributed by atoms with Gasteiger partial charge in [0.25, 0.3) is 0 Å². The fraction of sp³-hybridized carbons (Fsp3) is 0.143. The Morgan fingerprint density at radius 1 is 1.10 bits per heavy atom. The number of benzene rings is 1. The fourth-order valence-electron chi connectivity index (χ4n) is 3.23. The predicted molar refractivity (Wildman–Crippen MR) is 110 cm³/mol. The van der Waals surface area contributed by atoms with Gasteiger partial charge in [0.1, 0.15) is 12.4 Å². The van der Waals surface area contributed by atoms with E-state index in [2.05, 4.69) is 19.6 Å². The van der Waals surface area contributed by atoms with E-state index in [9.17, 15) is 4.39 Å². The summed E-state index contributed by atoms with van der Waals surface area (Å²) in [5.74, 6) is 0.776. The number of pyridine rings is 2. The molecule has 0 saturated heterocycles. The van der Waals surface area contributed by atoms with Crippen molar-refractivity contribution in [2.24, 2.45) is 0 Å². The van der Waals surface area contributed by atoms with Gasteiger partial charge in [0.05, 0.1) is 16.1 Å². The van der Waals surface area contributed by atoms with Gasteiger partial charge in [-0.15, -0.1) is 10.2 Å². The number of halogens is 1. The van der Waals surface area contributed by atoms with Gasteiger partial charge in [0.2, 0.25) is 0 Å². The molecule has 0 radical (unpaired) electrons. The number of hydrogen-bond donors (Lipinski definition) is 0. The van der Waals surface area contributed by atoms with Crippen molar-refractivity contribution in [1.82, 2.24) is 24.0 Å². The zero-order valence-electron chi connectivity index (χ0n) is 15.8. The van der Waals surface area contributed by atoms with Crippen molar-refractivity contribution in [2.45, 2.75) is 20.5 Å². The standard InChI is InChI=1S/C21H16FN5OS/c1-12-3-4-15-17(7-12)23-6-5-18(15)28-11-20-24-25-21-16(22)9-14(10-27(20)21)19-8-13(2)26-29-19/h3-10H,11H2,1-2H3. The average molecular weight is 405 g/mol. The highest BCUT2D eigenvalue weighted by Gasteiger charge is 2.14. The van der Waals surface area contributed by atoms with E-state index in [0.717, 1.165) is 32.6 Å². The molecule has 0 aliphatic carbocycles. The number of aryl methyl sites for hydroxylation is 2. The summed E-state index contributed by atoms with van der Waals surface area (Å²) < 4.78 is 26.5. The topological polar surface area (TPSA) is 65.2 Å². The molecule has 0 spiro atoms.